The number of hydrogen-bond donors (Lipinski definition) is 2. The molecule has 0 atom stereocenters. The Hall–Kier alpha value is -1.77. The van der Waals surface area contributed by atoms with Crippen LogP contribution in [0.5, 0.6) is 0 Å². The highest BCUT2D eigenvalue weighted by Crippen LogP contribution is 2.19. The molecule has 6 nitrogen and oxygen atoms in total. The van der Waals surface area contributed by atoms with Gasteiger partial charge in [0.25, 0.3) is 0 Å². The Balaban J connectivity index is 2.03. The maximum Gasteiger partial charge on any atom is 0.240 e. The van der Waals surface area contributed by atoms with Crippen molar-refractivity contribution in [1.29, 1.82) is 0 Å². The van der Waals surface area contributed by atoms with Crippen LogP contribution in [0.2, 0.25) is 0 Å². The third-order valence-electron chi connectivity index (χ3n) is 3.35. The van der Waals surface area contributed by atoms with E-state index in [4.69, 9.17) is 0 Å². The monoisotopic (exact) mass is 367 g/mol. The second-order valence-electron chi connectivity index (χ2n) is 5.39. The average molecular weight is 367 g/mol. The lowest BCUT2D eigenvalue weighted by atomic mass is 10.3. The first-order valence-electron chi connectivity index (χ1n) is 7.64. The van der Waals surface area contributed by atoms with Crippen LogP contribution in [0.1, 0.15) is 35.3 Å². The Morgan fingerprint density at radius 2 is 1.88 bits per heavy atom. The minimum Gasteiger partial charge on any atom is -0.326 e. The molecule has 0 aliphatic carbocycles. The number of rotatable bonds is 7. The van der Waals surface area contributed by atoms with Gasteiger partial charge in [0.15, 0.2) is 0 Å². The first kappa shape index (κ1) is 18.6. The number of aromatic nitrogens is 1. The maximum absolute atomic E-state index is 12.3. The van der Waals surface area contributed by atoms with E-state index < -0.39 is 10.0 Å². The smallest absolute Gasteiger partial charge is 0.240 e. The van der Waals surface area contributed by atoms with Crippen LogP contribution < -0.4 is 10.0 Å². The first-order valence-corrected chi connectivity index (χ1v) is 9.94. The Morgan fingerprint density at radius 1 is 1.21 bits per heavy atom. The number of nitrogens with one attached hydrogen (secondary N) is 2. The Kier molecular flexibility index (Phi) is 6.09. The first-order chi connectivity index (χ1) is 11.3. The molecule has 0 spiro atoms. The zero-order valence-corrected chi connectivity index (χ0v) is 15.6. The van der Waals surface area contributed by atoms with Gasteiger partial charge in [0.1, 0.15) is 0 Å². The molecule has 0 bridgehead atoms. The van der Waals surface area contributed by atoms with Crippen molar-refractivity contribution in [3.63, 3.8) is 0 Å². The molecule has 8 heteroatoms. The van der Waals surface area contributed by atoms with Gasteiger partial charge in [0, 0.05) is 23.5 Å². The molecule has 0 radical (unpaired) electrons. The van der Waals surface area contributed by atoms with Gasteiger partial charge in [-0.05, 0) is 44.5 Å². The molecule has 2 aromatic rings. The lowest BCUT2D eigenvalue weighted by Crippen LogP contribution is -2.23. The molecule has 0 saturated heterocycles. The van der Waals surface area contributed by atoms with Crippen molar-refractivity contribution in [2.24, 2.45) is 0 Å². The van der Waals surface area contributed by atoms with Crippen molar-refractivity contribution in [1.82, 2.24) is 9.71 Å². The Morgan fingerprint density at radius 3 is 2.42 bits per heavy atom. The van der Waals surface area contributed by atoms with E-state index in [-0.39, 0.29) is 17.3 Å². The highest BCUT2D eigenvalue weighted by atomic mass is 32.2. The molecular formula is C16H21N3O3S2. The van der Waals surface area contributed by atoms with E-state index >= 15 is 0 Å². The zero-order chi connectivity index (χ0) is 17.7. The molecule has 1 aromatic heterocycles. The predicted octanol–water partition coefficient (Wildman–Crippen LogP) is 2.98. The fourth-order valence-corrected chi connectivity index (χ4v) is 4.11. The molecule has 2 N–H and O–H groups in total. The van der Waals surface area contributed by atoms with Crippen LogP contribution in [-0.4, -0.2) is 19.3 Å². The van der Waals surface area contributed by atoms with Gasteiger partial charge < -0.3 is 5.32 Å². The van der Waals surface area contributed by atoms with E-state index in [0.717, 1.165) is 22.0 Å². The van der Waals surface area contributed by atoms with E-state index in [1.54, 1.807) is 12.1 Å². The minimum atomic E-state index is -3.61. The maximum atomic E-state index is 12.3. The van der Waals surface area contributed by atoms with Crippen LogP contribution in [0.3, 0.4) is 0 Å². The molecule has 0 unspecified atom stereocenters. The largest absolute Gasteiger partial charge is 0.326 e. The molecule has 0 saturated carbocycles. The number of nitrogens with zero attached hydrogens (tertiary/aromatic N) is 1. The van der Waals surface area contributed by atoms with E-state index in [2.05, 4.69) is 15.0 Å². The van der Waals surface area contributed by atoms with Gasteiger partial charge >= 0.3 is 0 Å². The molecule has 2 rings (SSSR count). The number of carbonyl (C=O) groups is 1. The van der Waals surface area contributed by atoms with Crippen molar-refractivity contribution in [3.05, 3.63) is 39.8 Å². The van der Waals surface area contributed by atoms with Gasteiger partial charge in [-0.3, -0.25) is 4.79 Å². The fourth-order valence-electron chi connectivity index (χ4n) is 2.15. The second kappa shape index (κ2) is 7.87. The molecule has 130 valence electrons. The number of carbonyl (C=O) groups excluding carboxylic acids is 1. The molecule has 1 aromatic carbocycles. The third kappa shape index (κ3) is 4.86. The zero-order valence-electron chi connectivity index (χ0n) is 13.9. The number of benzene rings is 1. The summed E-state index contributed by atoms with van der Waals surface area (Å²) in [4.78, 5) is 16.9. The van der Waals surface area contributed by atoms with Gasteiger partial charge in [-0.2, -0.15) is 0 Å². The van der Waals surface area contributed by atoms with Crippen LogP contribution in [0.25, 0.3) is 0 Å². The minimum absolute atomic E-state index is 0.0812. The van der Waals surface area contributed by atoms with Gasteiger partial charge in [0.05, 0.1) is 15.6 Å². The highest BCUT2D eigenvalue weighted by Gasteiger charge is 2.15. The lowest BCUT2D eigenvalue weighted by molar-refractivity contribution is -0.116. The quantitative estimate of drug-likeness (QED) is 0.787. The average Bonchev–Trinajstić information content (AvgIpc) is 2.84. The van der Waals surface area contributed by atoms with Gasteiger partial charge in [-0.1, -0.05) is 6.92 Å². The van der Waals surface area contributed by atoms with Crippen molar-refractivity contribution >= 4 is 33.0 Å². The number of anilines is 1. The molecular weight excluding hydrogens is 346 g/mol. The molecule has 0 aliphatic heterocycles. The fraction of sp³-hybridized carbons (Fsp3) is 0.375. The van der Waals surface area contributed by atoms with Gasteiger partial charge in [-0.25, -0.2) is 18.1 Å². The summed E-state index contributed by atoms with van der Waals surface area (Å²) in [6, 6.07) is 6.14. The summed E-state index contributed by atoms with van der Waals surface area (Å²) in [6.07, 6.45) is 1.20. The summed E-state index contributed by atoms with van der Waals surface area (Å²) >= 11 is 1.48. The molecule has 1 heterocycles. The molecule has 24 heavy (non-hydrogen) atoms. The number of thiazole rings is 1. The predicted molar refractivity (Wildman–Crippen MR) is 95.6 cm³/mol. The summed E-state index contributed by atoms with van der Waals surface area (Å²) < 4.78 is 27.3. The Bertz CT molecular complexity index is 812. The van der Waals surface area contributed by atoms with Crippen LogP contribution in [0.4, 0.5) is 5.69 Å². The van der Waals surface area contributed by atoms with E-state index in [0.29, 0.717) is 12.1 Å². The number of hydrogen-bond acceptors (Lipinski definition) is 5. The second-order valence-corrected chi connectivity index (χ2v) is 8.44. The lowest BCUT2D eigenvalue weighted by Gasteiger charge is -2.08. The van der Waals surface area contributed by atoms with Gasteiger partial charge in [-0.15, -0.1) is 11.3 Å². The topological polar surface area (TPSA) is 88.2 Å². The summed E-state index contributed by atoms with van der Waals surface area (Å²) in [5.41, 5.74) is 1.43. The summed E-state index contributed by atoms with van der Waals surface area (Å²) in [6.45, 7) is 5.89. The van der Waals surface area contributed by atoms with Crippen molar-refractivity contribution < 1.29 is 13.2 Å². The van der Waals surface area contributed by atoms with Crippen molar-refractivity contribution in [2.45, 2.75) is 45.1 Å². The molecule has 0 fully saturated rings. The van der Waals surface area contributed by atoms with Gasteiger partial charge in [0.2, 0.25) is 15.9 Å². The van der Waals surface area contributed by atoms with Crippen LogP contribution in [0, 0.1) is 13.8 Å². The summed E-state index contributed by atoms with van der Waals surface area (Å²) in [5, 5.41) is 3.64. The molecule has 1 amide bonds. The van der Waals surface area contributed by atoms with Crippen molar-refractivity contribution in [3.8, 4) is 0 Å². The number of aryl methyl sites for hydroxylation is 2. The van der Waals surface area contributed by atoms with Crippen LogP contribution in [0.15, 0.2) is 29.2 Å². The highest BCUT2D eigenvalue weighted by molar-refractivity contribution is 7.89. The standard InChI is InChI=1S/C16H21N3O3S2/c1-4-5-16(20)19-13-6-8-14(9-7-13)24(21,22)17-10-15-11(2)18-12(3)23-15/h6-9,17H,4-5,10H2,1-3H3,(H,19,20). The van der Waals surface area contributed by atoms with Crippen molar-refractivity contribution in [2.75, 3.05) is 5.32 Å². The number of sulfonamides is 1. The number of amides is 1. The van der Waals surface area contributed by atoms with Crippen LogP contribution >= 0.6 is 11.3 Å². The normalized spacial score (nSPS) is 11.5. The van der Waals surface area contributed by atoms with E-state index in [1.165, 1.54) is 23.5 Å². The third-order valence-corrected chi connectivity index (χ3v) is 5.84. The Labute approximate surface area is 146 Å². The summed E-state index contributed by atoms with van der Waals surface area (Å²) in [5.74, 6) is -0.0812. The SMILES string of the molecule is CCCC(=O)Nc1ccc(S(=O)(=O)NCc2sc(C)nc2C)cc1. The summed E-state index contributed by atoms with van der Waals surface area (Å²) in [7, 11) is -3.61. The van der Waals surface area contributed by atoms with E-state index in [9.17, 15) is 13.2 Å². The molecule has 0 aliphatic rings. The van der Waals surface area contributed by atoms with E-state index in [1.807, 2.05) is 20.8 Å². The van der Waals surface area contributed by atoms with Crippen LogP contribution in [-0.2, 0) is 21.4 Å².